The highest BCUT2D eigenvalue weighted by Crippen LogP contribution is 2.24. The van der Waals surface area contributed by atoms with Crippen LogP contribution in [0.3, 0.4) is 0 Å². The summed E-state index contributed by atoms with van der Waals surface area (Å²) in [7, 11) is 2.19. The van der Waals surface area contributed by atoms with Crippen LogP contribution in [0.25, 0.3) is 0 Å². The second kappa shape index (κ2) is 7.33. The summed E-state index contributed by atoms with van der Waals surface area (Å²) in [6.45, 7) is 7.25. The van der Waals surface area contributed by atoms with Crippen LogP contribution in [0.1, 0.15) is 35.7 Å². The molecule has 5 nitrogen and oxygen atoms in total. The lowest BCUT2D eigenvalue weighted by Crippen LogP contribution is -2.63. The number of benzene rings is 1. The van der Waals surface area contributed by atoms with Gasteiger partial charge in [0.15, 0.2) is 0 Å². The summed E-state index contributed by atoms with van der Waals surface area (Å²) in [5.41, 5.74) is 1.27. The second-order valence-corrected chi connectivity index (χ2v) is 6.92. The van der Waals surface area contributed by atoms with Gasteiger partial charge in [-0.15, -0.1) is 0 Å². The van der Waals surface area contributed by atoms with E-state index in [9.17, 15) is 4.79 Å². The van der Waals surface area contributed by atoms with Gasteiger partial charge in [0, 0.05) is 30.7 Å². The first-order valence-corrected chi connectivity index (χ1v) is 8.86. The first-order chi connectivity index (χ1) is 11.6. The van der Waals surface area contributed by atoms with Gasteiger partial charge in [0.2, 0.25) is 0 Å². The SMILES string of the molecule is CCN(C1CCN(C)CC1)C1CN(C(=O)c2ccc(C#N)cc2)C1. The minimum Gasteiger partial charge on any atom is -0.335 e. The molecule has 0 radical (unpaired) electrons. The number of amides is 1. The van der Waals surface area contributed by atoms with Crippen LogP contribution in [0.5, 0.6) is 0 Å². The Morgan fingerprint density at radius 3 is 2.38 bits per heavy atom. The second-order valence-electron chi connectivity index (χ2n) is 6.92. The van der Waals surface area contributed by atoms with E-state index in [1.54, 1.807) is 24.3 Å². The molecule has 24 heavy (non-hydrogen) atoms. The molecule has 1 aromatic rings. The van der Waals surface area contributed by atoms with E-state index < -0.39 is 0 Å². The topological polar surface area (TPSA) is 50.6 Å². The zero-order chi connectivity index (χ0) is 17.1. The molecule has 2 heterocycles. The Balaban J connectivity index is 1.55. The molecule has 2 aliphatic heterocycles. The maximum absolute atomic E-state index is 12.5. The van der Waals surface area contributed by atoms with E-state index in [0.717, 1.165) is 19.6 Å². The molecular weight excluding hydrogens is 300 g/mol. The molecule has 0 N–H and O–H groups in total. The van der Waals surface area contributed by atoms with Crippen molar-refractivity contribution in [1.82, 2.24) is 14.7 Å². The van der Waals surface area contributed by atoms with Gasteiger partial charge in [0.25, 0.3) is 5.91 Å². The Morgan fingerprint density at radius 1 is 1.21 bits per heavy atom. The lowest BCUT2D eigenvalue weighted by Gasteiger charge is -2.49. The summed E-state index contributed by atoms with van der Waals surface area (Å²) in [4.78, 5) is 19.4. The largest absolute Gasteiger partial charge is 0.335 e. The fourth-order valence-electron chi connectivity index (χ4n) is 3.84. The average Bonchev–Trinajstić information content (AvgIpc) is 2.58. The van der Waals surface area contributed by atoms with Crippen LogP contribution in [0.4, 0.5) is 0 Å². The zero-order valence-corrected chi connectivity index (χ0v) is 14.6. The van der Waals surface area contributed by atoms with Crippen molar-refractivity contribution in [1.29, 1.82) is 5.26 Å². The number of nitriles is 1. The Morgan fingerprint density at radius 2 is 1.83 bits per heavy atom. The molecule has 0 bridgehead atoms. The number of carbonyl (C=O) groups excluding carboxylic acids is 1. The van der Waals surface area contributed by atoms with Crippen LogP contribution in [0.2, 0.25) is 0 Å². The number of hydrogen-bond acceptors (Lipinski definition) is 4. The molecule has 2 fully saturated rings. The van der Waals surface area contributed by atoms with Gasteiger partial charge >= 0.3 is 0 Å². The highest BCUT2D eigenvalue weighted by atomic mass is 16.2. The van der Waals surface area contributed by atoms with Gasteiger partial charge in [-0.2, -0.15) is 5.26 Å². The van der Waals surface area contributed by atoms with Crippen molar-refractivity contribution < 1.29 is 4.79 Å². The van der Waals surface area contributed by atoms with E-state index >= 15 is 0 Å². The van der Waals surface area contributed by atoms with Crippen LogP contribution in [0, 0.1) is 11.3 Å². The summed E-state index contributed by atoms with van der Waals surface area (Å²) in [6.07, 6.45) is 2.45. The number of piperidine rings is 1. The minimum atomic E-state index is 0.0789. The standard InChI is InChI=1S/C19H26N4O/c1-3-23(17-8-10-21(2)11-9-17)18-13-22(14-18)19(24)16-6-4-15(12-20)5-7-16/h4-7,17-18H,3,8-11,13-14H2,1-2H3. The number of likely N-dealkylation sites (N-methyl/N-ethyl adjacent to an activating group) is 1. The van der Waals surface area contributed by atoms with Gasteiger partial charge in [0.05, 0.1) is 11.6 Å². The van der Waals surface area contributed by atoms with Crippen molar-refractivity contribution in [2.45, 2.75) is 31.8 Å². The van der Waals surface area contributed by atoms with E-state index in [2.05, 4.69) is 29.8 Å². The molecule has 1 aromatic carbocycles. The van der Waals surface area contributed by atoms with Crippen LogP contribution in [-0.2, 0) is 0 Å². The third-order valence-corrected chi connectivity index (χ3v) is 5.40. The Labute approximate surface area is 144 Å². The average molecular weight is 326 g/mol. The number of nitrogens with zero attached hydrogens (tertiary/aromatic N) is 4. The lowest BCUT2D eigenvalue weighted by atomic mass is 9.97. The van der Waals surface area contributed by atoms with E-state index in [-0.39, 0.29) is 5.91 Å². The predicted molar refractivity (Wildman–Crippen MR) is 93.7 cm³/mol. The van der Waals surface area contributed by atoms with Gasteiger partial charge < -0.3 is 9.80 Å². The molecular formula is C19H26N4O. The normalized spacial score (nSPS) is 20.0. The van der Waals surface area contributed by atoms with E-state index in [1.807, 2.05) is 4.90 Å². The summed E-state index contributed by atoms with van der Waals surface area (Å²) in [5, 5.41) is 8.84. The number of likely N-dealkylation sites (tertiary alicyclic amines) is 2. The minimum absolute atomic E-state index is 0.0789. The molecule has 0 aliphatic carbocycles. The molecule has 0 spiro atoms. The molecule has 5 heteroatoms. The van der Waals surface area contributed by atoms with E-state index in [0.29, 0.717) is 23.2 Å². The van der Waals surface area contributed by atoms with Crippen molar-refractivity contribution in [3.8, 4) is 6.07 Å². The zero-order valence-electron chi connectivity index (χ0n) is 14.6. The highest BCUT2D eigenvalue weighted by molar-refractivity contribution is 5.94. The number of hydrogen-bond donors (Lipinski definition) is 0. The Kier molecular flexibility index (Phi) is 5.17. The van der Waals surface area contributed by atoms with Crippen LogP contribution in [-0.4, -0.2) is 72.5 Å². The fourth-order valence-corrected chi connectivity index (χ4v) is 3.84. The van der Waals surface area contributed by atoms with E-state index in [4.69, 9.17) is 5.26 Å². The van der Waals surface area contributed by atoms with Gasteiger partial charge in [-0.3, -0.25) is 9.69 Å². The van der Waals surface area contributed by atoms with Gasteiger partial charge in [-0.1, -0.05) is 6.92 Å². The van der Waals surface area contributed by atoms with Gasteiger partial charge in [-0.05, 0) is 63.8 Å². The van der Waals surface area contributed by atoms with Crippen molar-refractivity contribution >= 4 is 5.91 Å². The van der Waals surface area contributed by atoms with Gasteiger partial charge in [-0.25, -0.2) is 0 Å². The lowest BCUT2D eigenvalue weighted by molar-refractivity contribution is 0.0000128. The molecule has 2 aliphatic rings. The third kappa shape index (κ3) is 3.45. The van der Waals surface area contributed by atoms with Crippen molar-refractivity contribution in [3.63, 3.8) is 0 Å². The first kappa shape index (κ1) is 16.9. The fraction of sp³-hybridized carbons (Fsp3) is 0.579. The first-order valence-electron chi connectivity index (χ1n) is 8.86. The van der Waals surface area contributed by atoms with Crippen LogP contribution >= 0.6 is 0 Å². The third-order valence-electron chi connectivity index (χ3n) is 5.40. The Hall–Kier alpha value is -1.90. The molecule has 128 valence electrons. The smallest absolute Gasteiger partial charge is 0.253 e. The number of rotatable bonds is 4. The maximum atomic E-state index is 12.5. The van der Waals surface area contributed by atoms with E-state index in [1.165, 1.54) is 25.9 Å². The molecule has 2 saturated heterocycles. The molecule has 0 unspecified atom stereocenters. The molecule has 0 aromatic heterocycles. The quantitative estimate of drug-likeness (QED) is 0.846. The molecule has 3 rings (SSSR count). The van der Waals surface area contributed by atoms with Crippen molar-refractivity contribution in [3.05, 3.63) is 35.4 Å². The molecule has 1 amide bonds. The summed E-state index contributed by atoms with van der Waals surface area (Å²) < 4.78 is 0. The van der Waals surface area contributed by atoms with Crippen LogP contribution < -0.4 is 0 Å². The highest BCUT2D eigenvalue weighted by Gasteiger charge is 2.37. The monoisotopic (exact) mass is 326 g/mol. The predicted octanol–water partition coefficient (Wildman–Crippen LogP) is 1.80. The molecule has 0 atom stereocenters. The van der Waals surface area contributed by atoms with Crippen LogP contribution in [0.15, 0.2) is 24.3 Å². The number of carbonyl (C=O) groups is 1. The maximum Gasteiger partial charge on any atom is 0.253 e. The van der Waals surface area contributed by atoms with Crippen molar-refractivity contribution in [2.75, 3.05) is 39.8 Å². The summed E-state index contributed by atoms with van der Waals surface area (Å²) >= 11 is 0. The summed E-state index contributed by atoms with van der Waals surface area (Å²) in [5.74, 6) is 0.0789. The van der Waals surface area contributed by atoms with Gasteiger partial charge in [0.1, 0.15) is 0 Å². The Bertz CT molecular complexity index is 607. The summed E-state index contributed by atoms with van der Waals surface area (Å²) in [6, 6.07) is 10.2. The van der Waals surface area contributed by atoms with Crippen molar-refractivity contribution in [2.24, 2.45) is 0 Å². The molecule has 0 saturated carbocycles.